The van der Waals surface area contributed by atoms with Crippen LogP contribution in [0.3, 0.4) is 0 Å². The van der Waals surface area contributed by atoms with Gasteiger partial charge in [-0.2, -0.15) is 5.10 Å². The van der Waals surface area contributed by atoms with Crippen molar-refractivity contribution in [1.29, 1.82) is 0 Å². The minimum Gasteiger partial charge on any atom is -0.382 e. The first-order valence-electron chi connectivity index (χ1n) is 7.99. The molecule has 4 rings (SSSR count). The molecule has 1 aromatic carbocycles. The van der Waals surface area contributed by atoms with Gasteiger partial charge in [0.25, 0.3) is 0 Å². The number of H-pyrrole nitrogens is 1. The first-order chi connectivity index (χ1) is 12.7. The van der Waals surface area contributed by atoms with Crippen molar-refractivity contribution >= 4 is 5.82 Å². The summed E-state index contributed by atoms with van der Waals surface area (Å²) in [7, 11) is 0. The summed E-state index contributed by atoms with van der Waals surface area (Å²) < 4.78 is 0. The van der Waals surface area contributed by atoms with Gasteiger partial charge in [0.2, 0.25) is 0 Å². The second kappa shape index (κ2) is 6.69. The van der Waals surface area contributed by atoms with Gasteiger partial charge in [0, 0.05) is 35.8 Å². The Morgan fingerprint density at radius 1 is 1.04 bits per heavy atom. The molecule has 0 saturated heterocycles. The number of hydrogen-bond acceptors (Lipinski definition) is 7. The van der Waals surface area contributed by atoms with Crippen LogP contribution in [0, 0.1) is 0 Å². The third-order valence-electron chi connectivity index (χ3n) is 3.89. The molecule has 0 spiro atoms. The summed E-state index contributed by atoms with van der Waals surface area (Å²) in [5, 5.41) is 7.16. The zero-order valence-electron chi connectivity index (χ0n) is 13.8. The maximum atomic E-state index is 6.00. The molecule has 8 nitrogen and oxygen atoms in total. The van der Waals surface area contributed by atoms with Crippen molar-refractivity contribution in [2.24, 2.45) is 5.73 Å². The minimum atomic E-state index is 0. The summed E-state index contributed by atoms with van der Waals surface area (Å²) in [5.74, 6) is 1.27. The normalized spacial score (nSPS) is 10.8. The lowest BCUT2D eigenvalue weighted by molar-refractivity contribution is 1.06. The number of nitrogens with one attached hydrogen (secondary N) is 1. The predicted molar refractivity (Wildman–Crippen MR) is 107 cm³/mol. The number of anilines is 1. The van der Waals surface area contributed by atoms with Gasteiger partial charge in [-0.05, 0) is 23.8 Å². The van der Waals surface area contributed by atoms with Crippen LogP contribution in [-0.2, 0) is 6.54 Å². The maximum Gasteiger partial charge on any atom is 0.181 e. The Morgan fingerprint density at radius 3 is 2.73 bits per heavy atom. The molecule has 136 valence electrons. The monoisotopic (exact) mass is 352 g/mol. The van der Waals surface area contributed by atoms with E-state index in [0.29, 0.717) is 29.6 Å². The predicted octanol–water partition coefficient (Wildman–Crippen LogP) is 3.02. The number of pyridine rings is 1. The van der Waals surface area contributed by atoms with Crippen LogP contribution in [0.25, 0.3) is 34.2 Å². The maximum absolute atomic E-state index is 6.00. The van der Waals surface area contributed by atoms with Gasteiger partial charge in [0.1, 0.15) is 5.69 Å². The first kappa shape index (κ1) is 15.9. The number of aromatic amines is 1. The third kappa shape index (κ3) is 3.01. The topological polar surface area (TPSA) is 132 Å². The second-order valence-electron chi connectivity index (χ2n) is 5.64. The van der Waals surface area contributed by atoms with Crippen molar-refractivity contribution in [1.82, 2.24) is 30.1 Å². The zero-order chi connectivity index (χ0) is 17.9. The molecule has 3 heterocycles. The van der Waals surface area contributed by atoms with E-state index >= 15 is 0 Å². The van der Waals surface area contributed by atoms with Crippen LogP contribution in [0.15, 0.2) is 55.0 Å². The molecular weight excluding hydrogens is 328 g/mol. The Kier molecular flexibility index (Phi) is 4.08. The van der Waals surface area contributed by atoms with E-state index in [1.165, 1.54) is 0 Å². The second-order valence-corrected chi connectivity index (χ2v) is 5.64. The van der Waals surface area contributed by atoms with Crippen molar-refractivity contribution in [2.75, 3.05) is 5.73 Å². The van der Waals surface area contributed by atoms with Gasteiger partial charge >= 0.3 is 0 Å². The molecule has 0 aliphatic carbocycles. The van der Waals surface area contributed by atoms with E-state index in [-0.39, 0.29) is 11.5 Å². The van der Waals surface area contributed by atoms with Crippen LogP contribution >= 0.6 is 0 Å². The summed E-state index contributed by atoms with van der Waals surface area (Å²) in [4.78, 5) is 17.4. The molecule has 0 bridgehead atoms. The van der Waals surface area contributed by atoms with E-state index in [2.05, 4.69) is 30.1 Å². The van der Waals surface area contributed by atoms with Gasteiger partial charge in [-0.25, -0.2) is 15.0 Å². The molecule has 5 N–H and O–H groups in total. The van der Waals surface area contributed by atoms with Crippen LogP contribution in [-0.4, -0.2) is 30.1 Å². The molecular formula is C18H24N8. The largest absolute Gasteiger partial charge is 0.382 e. The van der Waals surface area contributed by atoms with E-state index in [0.717, 1.165) is 16.7 Å². The van der Waals surface area contributed by atoms with Gasteiger partial charge in [0.05, 0.1) is 11.9 Å². The minimum absolute atomic E-state index is 0. The number of rotatable bonds is 4. The molecule has 0 radical (unpaired) electrons. The van der Waals surface area contributed by atoms with Crippen LogP contribution in [0.4, 0.5) is 5.82 Å². The van der Waals surface area contributed by atoms with Gasteiger partial charge in [-0.3, -0.25) is 10.1 Å². The number of nitrogens with zero attached hydrogens (tertiary/aromatic N) is 5. The number of nitrogen functional groups attached to an aromatic ring is 1. The SMILES string of the molecule is NCc1cccc(-c2n[nH]c(-c3nc(-c4cccnc4)cnc3N)n2)c1.[HH].[HH].[HH].[HH]. The van der Waals surface area contributed by atoms with E-state index < -0.39 is 0 Å². The molecule has 0 saturated carbocycles. The average Bonchev–Trinajstić information content (AvgIpc) is 3.19. The van der Waals surface area contributed by atoms with Crippen LogP contribution < -0.4 is 11.5 Å². The highest BCUT2D eigenvalue weighted by Gasteiger charge is 2.14. The lowest BCUT2D eigenvalue weighted by Gasteiger charge is -2.04. The third-order valence-corrected chi connectivity index (χ3v) is 3.89. The molecule has 0 aliphatic rings. The highest BCUT2D eigenvalue weighted by molar-refractivity contribution is 5.70. The first-order valence-corrected chi connectivity index (χ1v) is 7.99. The van der Waals surface area contributed by atoms with E-state index in [1.54, 1.807) is 18.6 Å². The van der Waals surface area contributed by atoms with Crippen molar-refractivity contribution < 1.29 is 5.71 Å². The number of aromatic nitrogens is 6. The molecule has 0 aliphatic heterocycles. The molecule has 0 fully saturated rings. The Labute approximate surface area is 155 Å². The molecule has 3 aromatic heterocycles. The number of benzene rings is 1. The van der Waals surface area contributed by atoms with Gasteiger partial charge in [-0.1, -0.05) is 18.2 Å². The summed E-state index contributed by atoms with van der Waals surface area (Å²) >= 11 is 0. The fourth-order valence-corrected chi connectivity index (χ4v) is 2.56. The van der Waals surface area contributed by atoms with Crippen LogP contribution in [0.2, 0.25) is 0 Å². The van der Waals surface area contributed by atoms with Crippen molar-refractivity contribution in [3.05, 3.63) is 60.6 Å². The number of nitrogens with two attached hydrogens (primary N) is 2. The van der Waals surface area contributed by atoms with Crippen molar-refractivity contribution in [3.63, 3.8) is 0 Å². The van der Waals surface area contributed by atoms with Gasteiger partial charge in [-0.15, -0.1) is 0 Å². The Hall–Kier alpha value is -3.65. The fraction of sp³-hybridized carbons (Fsp3) is 0.0556. The highest BCUT2D eigenvalue weighted by atomic mass is 15.2. The van der Waals surface area contributed by atoms with Crippen molar-refractivity contribution in [2.45, 2.75) is 6.54 Å². The van der Waals surface area contributed by atoms with E-state index in [4.69, 9.17) is 11.5 Å². The standard InChI is InChI=1S/C18H16N8.4H2/c19-8-11-3-1-4-12(7-11)17-24-18(26-25-17)15-16(20)22-10-14(23-15)13-5-2-6-21-9-13;;;;/h1-7,9-10H,8,19H2,(H2,20,22)(H,24,25,26);4*1H. The summed E-state index contributed by atoms with van der Waals surface area (Å²) in [6, 6.07) is 11.5. The Bertz CT molecular complexity index is 1060. The smallest absolute Gasteiger partial charge is 0.181 e. The van der Waals surface area contributed by atoms with Crippen LogP contribution in [0.5, 0.6) is 0 Å². The fourth-order valence-electron chi connectivity index (χ4n) is 2.56. The van der Waals surface area contributed by atoms with E-state index in [9.17, 15) is 0 Å². The summed E-state index contributed by atoms with van der Waals surface area (Å²) in [6.07, 6.45) is 5.03. The summed E-state index contributed by atoms with van der Waals surface area (Å²) in [6.45, 7) is 0.455. The molecule has 0 atom stereocenters. The van der Waals surface area contributed by atoms with Crippen molar-refractivity contribution in [3.8, 4) is 34.2 Å². The lowest BCUT2D eigenvalue weighted by Crippen LogP contribution is -2.00. The molecule has 0 amide bonds. The van der Waals surface area contributed by atoms with Crippen LogP contribution in [0.1, 0.15) is 11.3 Å². The highest BCUT2D eigenvalue weighted by Crippen LogP contribution is 2.25. The molecule has 0 unspecified atom stereocenters. The van der Waals surface area contributed by atoms with Gasteiger partial charge in [0.15, 0.2) is 17.5 Å². The lowest BCUT2D eigenvalue weighted by atomic mass is 10.1. The summed E-state index contributed by atoms with van der Waals surface area (Å²) in [5.41, 5.74) is 15.5. The zero-order valence-corrected chi connectivity index (χ0v) is 13.8. The quantitative estimate of drug-likeness (QED) is 0.514. The number of hydrogen-bond donors (Lipinski definition) is 3. The Balaban J connectivity index is 0.00000210. The molecule has 26 heavy (non-hydrogen) atoms. The molecule has 4 aromatic rings. The Morgan fingerprint density at radius 2 is 1.92 bits per heavy atom. The van der Waals surface area contributed by atoms with Gasteiger partial charge < -0.3 is 11.5 Å². The van der Waals surface area contributed by atoms with E-state index in [1.807, 2.05) is 36.4 Å². The molecule has 8 heteroatoms. The average molecular weight is 352 g/mol.